The van der Waals surface area contributed by atoms with E-state index >= 15 is 0 Å². The van der Waals surface area contributed by atoms with E-state index in [4.69, 9.17) is 15.2 Å². The molecule has 15 heavy (non-hydrogen) atoms. The van der Waals surface area contributed by atoms with E-state index in [0.717, 1.165) is 16.6 Å². The first-order valence-electron chi connectivity index (χ1n) is 4.92. The number of methoxy groups -OCH3 is 1. The Kier molecular flexibility index (Phi) is 3.29. The summed E-state index contributed by atoms with van der Waals surface area (Å²) in [6.07, 6.45) is 0.931. The molecule has 2 N–H and O–H groups in total. The van der Waals surface area contributed by atoms with Gasteiger partial charge in [-0.15, -0.1) is 0 Å². The Labute approximate surface area is 97.7 Å². The number of nitrogens with two attached hydrogens (primary N) is 1. The highest BCUT2D eigenvalue weighted by Gasteiger charge is 2.41. The number of rotatable bonds is 3. The minimum atomic E-state index is 0.0112. The van der Waals surface area contributed by atoms with Crippen LogP contribution in [0.3, 0.4) is 0 Å². The van der Waals surface area contributed by atoms with Crippen molar-refractivity contribution in [3.63, 3.8) is 0 Å². The van der Waals surface area contributed by atoms with E-state index in [1.54, 1.807) is 7.11 Å². The van der Waals surface area contributed by atoms with E-state index in [1.807, 2.05) is 24.3 Å². The fraction of sp³-hybridized carbons (Fsp3) is 0.455. The van der Waals surface area contributed by atoms with Crippen LogP contribution in [0.4, 0.5) is 0 Å². The smallest absolute Gasteiger partial charge is 0.134 e. The zero-order chi connectivity index (χ0) is 10.8. The number of para-hydroxylation sites is 1. The molecular weight excluding hydrogens is 258 g/mol. The molecule has 0 spiro atoms. The largest absolute Gasteiger partial charge is 0.486 e. The highest BCUT2D eigenvalue weighted by Crippen LogP contribution is 2.31. The molecule has 0 aliphatic heterocycles. The molecule has 4 heteroatoms. The molecule has 82 valence electrons. The molecule has 0 amide bonds. The van der Waals surface area contributed by atoms with Gasteiger partial charge >= 0.3 is 0 Å². The summed E-state index contributed by atoms with van der Waals surface area (Å²) >= 11 is 3.44. The fourth-order valence-electron chi connectivity index (χ4n) is 1.76. The molecule has 0 heterocycles. The number of hydrogen-bond donors (Lipinski definition) is 1. The van der Waals surface area contributed by atoms with E-state index < -0.39 is 0 Å². The summed E-state index contributed by atoms with van der Waals surface area (Å²) in [6, 6.07) is 7.89. The molecule has 0 saturated heterocycles. The van der Waals surface area contributed by atoms with Crippen LogP contribution in [0.2, 0.25) is 0 Å². The number of hydrogen-bond acceptors (Lipinski definition) is 3. The summed E-state index contributed by atoms with van der Waals surface area (Å²) < 4.78 is 12.0. The number of ether oxygens (including phenoxy) is 2. The predicted octanol–water partition coefficient (Wildman–Crippen LogP) is 1.94. The Balaban J connectivity index is 2.01. The molecule has 1 aliphatic carbocycles. The Hall–Kier alpha value is -0.580. The Morgan fingerprint density at radius 3 is 2.73 bits per heavy atom. The van der Waals surface area contributed by atoms with Crippen molar-refractivity contribution >= 4 is 15.9 Å². The first-order valence-corrected chi connectivity index (χ1v) is 5.71. The molecule has 3 nitrogen and oxygen atoms in total. The lowest BCUT2D eigenvalue weighted by molar-refractivity contribution is -0.0784. The van der Waals surface area contributed by atoms with Crippen LogP contribution in [0.15, 0.2) is 28.7 Å². The van der Waals surface area contributed by atoms with Gasteiger partial charge in [0.05, 0.1) is 4.47 Å². The second-order valence-corrected chi connectivity index (χ2v) is 4.54. The third kappa shape index (κ3) is 2.17. The van der Waals surface area contributed by atoms with E-state index in [2.05, 4.69) is 15.9 Å². The van der Waals surface area contributed by atoms with E-state index in [9.17, 15) is 0 Å². The molecule has 0 aromatic heterocycles. The Morgan fingerprint density at radius 2 is 2.13 bits per heavy atom. The summed E-state index contributed by atoms with van der Waals surface area (Å²) in [5, 5.41) is 0. The number of benzene rings is 1. The standard InChI is InChI=1S/C11H14BrNO2/c1-14-11-8(13)6-10(11)15-9-5-3-2-4-7(9)12/h2-5,8,10-11H,6,13H2,1H3. The third-order valence-electron chi connectivity index (χ3n) is 2.68. The van der Waals surface area contributed by atoms with Gasteiger partial charge in [0.1, 0.15) is 18.0 Å². The van der Waals surface area contributed by atoms with Gasteiger partial charge in [0.25, 0.3) is 0 Å². The van der Waals surface area contributed by atoms with Gasteiger partial charge in [-0.3, -0.25) is 0 Å². The lowest BCUT2D eigenvalue weighted by atomic mass is 9.86. The summed E-state index contributed by atoms with van der Waals surface area (Å²) in [7, 11) is 1.67. The van der Waals surface area contributed by atoms with Crippen LogP contribution in [0.1, 0.15) is 6.42 Å². The van der Waals surface area contributed by atoms with Gasteiger partial charge in [-0.1, -0.05) is 12.1 Å². The summed E-state index contributed by atoms with van der Waals surface area (Å²) in [4.78, 5) is 0. The van der Waals surface area contributed by atoms with Crippen LogP contribution in [0.25, 0.3) is 0 Å². The van der Waals surface area contributed by atoms with E-state index in [1.165, 1.54) is 0 Å². The van der Waals surface area contributed by atoms with Crippen molar-refractivity contribution in [3.05, 3.63) is 28.7 Å². The zero-order valence-corrected chi connectivity index (χ0v) is 10.1. The molecule has 3 unspecified atom stereocenters. The van der Waals surface area contributed by atoms with Crippen LogP contribution in [-0.4, -0.2) is 25.4 Å². The minimum absolute atomic E-state index is 0.0112. The zero-order valence-electron chi connectivity index (χ0n) is 8.52. The van der Waals surface area contributed by atoms with E-state index in [0.29, 0.717) is 0 Å². The molecule has 1 aliphatic rings. The van der Waals surface area contributed by atoms with Crippen molar-refractivity contribution in [2.24, 2.45) is 5.73 Å². The quantitative estimate of drug-likeness (QED) is 0.914. The van der Waals surface area contributed by atoms with Gasteiger partial charge < -0.3 is 15.2 Å². The number of halogens is 1. The first kappa shape index (κ1) is 10.9. The molecule has 1 saturated carbocycles. The van der Waals surface area contributed by atoms with Crippen LogP contribution >= 0.6 is 15.9 Å². The van der Waals surface area contributed by atoms with Crippen LogP contribution < -0.4 is 10.5 Å². The lowest BCUT2D eigenvalue weighted by Crippen LogP contribution is -2.59. The SMILES string of the molecule is COC1C(N)CC1Oc1ccccc1Br. The molecule has 1 aromatic carbocycles. The van der Waals surface area contributed by atoms with Gasteiger partial charge in [-0.2, -0.15) is 0 Å². The average Bonchev–Trinajstić information content (AvgIpc) is 2.20. The lowest BCUT2D eigenvalue weighted by Gasteiger charge is -2.41. The monoisotopic (exact) mass is 271 g/mol. The minimum Gasteiger partial charge on any atom is -0.486 e. The molecule has 1 fully saturated rings. The molecular formula is C11H14BrNO2. The van der Waals surface area contributed by atoms with Crippen LogP contribution in [0.5, 0.6) is 5.75 Å². The topological polar surface area (TPSA) is 44.5 Å². The maximum atomic E-state index is 5.80. The van der Waals surface area contributed by atoms with Crippen LogP contribution in [0, 0.1) is 0 Å². The van der Waals surface area contributed by atoms with Crippen molar-refractivity contribution in [3.8, 4) is 5.75 Å². The van der Waals surface area contributed by atoms with Crippen molar-refractivity contribution in [1.82, 2.24) is 0 Å². The molecule has 0 bridgehead atoms. The summed E-state index contributed by atoms with van der Waals surface area (Å²) in [6.45, 7) is 0. The Morgan fingerprint density at radius 1 is 1.40 bits per heavy atom. The van der Waals surface area contributed by atoms with Crippen molar-refractivity contribution in [1.29, 1.82) is 0 Å². The summed E-state index contributed by atoms with van der Waals surface area (Å²) in [5.41, 5.74) is 5.80. The molecule has 2 rings (SSSR count). The second-order valence-electron chi connectivity index (χ2n) is 3.69. The van der Waals surface area contributed by atoms with E-state index in [-0.39, 0.29) is 18.2 Å². The molecule has 1 aromatic rings. The van der Waals surface area contributed by atoms with Crippen molar-refractivity contribution in [2.75, 3.05) is 7.11 Å². The van der Waals surface area contributed by atoms with Gasteiger partial charge in [0, 0.05) is 19.6 Å². The third-order valence-corrected chi connectivity index (χ3v) is 3.34. The average molecular weight is 272 g/mol. The maximum absolute atomic E-state index is 5.80. The van der Waals surface area contributed by atoms with Crippen LogP contribution in [-0.2, 0) is 4.74 Å². The normalized spacial score (nSPS) is 29.7. The first-order chi connectivity index (χ1) is 7.22. The second kappa shape index (κ2) is 4.51. The van der Waals surface area contributed by atoms with Crippen molar-refractivity contribution < 1.29 is 9.47 Å². The Bertz CT molecular complexity index is 345. The van der Waals surface area contributed by atoms with Gasteiger partial charge in [0.2, 0.25) is 0 Å². The fourth-order valence-corrected chi connectivity index (χ4v) is 2.14. The maximum Gasteiger partial charge on any atom is 0.134 e. The van der Waals surface area contributed by atoms with Crippen molar-refractivity contribution in [2.45, 2.75) is 24.7 Å². The van der Waals surface area contributed by atoms with Gasteiger partial charge in [-0.25, -0.2) is 0 Å². The van der Waals surface area contributed by atoms with Gasteiger partial charge in [0.15, 0.2) is 0 Å². The highest BCUT2D eigenvalue weighted by molar-refractivity contribution is 9.10. The molecule has 3 atom stereocenters. The molecule has 0 radical (unpaired) electrons. The van der Waals surface area contributed by atoms with Gasteiger partial charge in [-0.05, 0) is 28.1 Å². The summed E-state index contributed by atoms with van der Waals surface area (Å²) in [5.74, 6) is 0.844. The highest BCUT2D eigenvalue weighted by atomic mass is 79.9. The predicted molar refractivity (Wildman–Crippen MR) is 61.9 cm³/mol.